The number of nitrogens with zero attached hydrogens (tertiary/aromatic N) is 2. The molecular weight excluding hydrogens is 388 g/mol. The van der Waals surface area contributed by atoms with Gasteiger partial charge in [-0.05, 0) is 40.2 Å². The van der Waals surface area contributed by atoms with Crippen molar-refractivity contribution in [3.05, 3.63) is 45.2 Å². The van der Waals surface area contributed by atoms with Crippen molar-refractivity contribution in [3.8, 4) is 0 Å². The van der Waals surface area contributed by atoms with Crippen molar-refractivity contribution in [1.82, 2.24) is 9.97 Å². The SMILES string of the molecule is CC(C)(C)c1nc(Br)cc(Sc2ccc(Br)cc2)n1. The Labute approximate surface area is 134 Å². The molecule has 0 bridgehead atoms. The van der Waals surface area contributed by atoms with E-state index in [4.69, 9.17) is 0 Å². The summed E-state index contributed by atoms with van der Waals surface area (Å²) in [5.41, 5.74) is -0.0567. The normalized spacial score (nSPS) is 11.6. The summed E-state index contributed by atoms with van der Waals surface area (Å²) in [5, 5.41) is 0.953. The molecule has 0 fully saturated rings. The Balaban J connectivity index is 2.30. The second-order valence-corrected chi connectivity index (χ2v) is 7.98. The van der Waals surface area contributed by atoms with E-state index in [-0.39, 0.29) is 5.41 Å². The Bertz CT molecular complexity index is 577. The van der Waals surface area contributed by atoms with Crippen LogP contribution >= 0.6 is 43.6 Å². The van der Waals surface area contributed by atoms with Crippen LogP contribution in [0.4, 0.5) is 0 Å². The van der Waals surface area contributed by atoms with Gasteiger partial charge in [-0.2, -0.15) is 0 Å². The van der Waals surface area contributed by atoms with Crippen LogP contribution in [0.3, 0.4) is 0 Å². The van der Waals surface area contributed by atoms with E-state index in [9.17, 15) is 0 Å². The minimum atomic E-state index is -0.0567. The Morgan fingerprint density at radius 2 is 1.63 bits per heavy atom. The molecule has 0 N–H and O–H groups in total. The number of rotatable bonds is 2. The molecule has 0 radical (unpaired) electrons. The fourth-order valence-electron chi connectivity index (χ4n) is 1.41. The van der Waals surface area contributed by atoms with Gasteiger partial charge in [0.25, 0.3) is 0 Å². The van der Waals surface area contributed by atoms with Crippen LogP contribution in [0.1, 0.15) is 26.6 Å². The highest BCUT2D eigenvalue weighted by molar-refractivity contribution is 9.10. The van der Waals surface area contributed by atoms with Gasteiger partial charge in [0.05, 0.1) is 0 Å². The third-order valence-electron chi connectivity index (χ3n) is 2.38. The molecule has 19 heavy (non-hydrogen) atoms. The lowest BCUT2D eigenvalue weighted by Gasteiger charge is -2.17. The average molecular weight is 402 g/mol. The maximum atomic E-state index is 4.63. The van der Waals surface area contributed by atoms with Crippen LogP contribution in [0, 0.1) is 0 Å². The van der Waals surface area contributed by atoms with E-state index in [1.54, 1.807) is 11.8 Å². The number of hydrogen-bond acceptors (Lipinski definition) is 3. The van der Waals surface area contributed by atoms with Gasteiger partial charge in [-0.3, -0.25) is 0 Å². The van der Waals surface area contributed by atoms with Crippen LogP contribution in [0.2, 0.25) is 0 Å². The highest BCUT2D eigenvalue weighted by atomic mass is 79.9. The van der Waals surface area contributed by atoms with E-state index in [0.29, 0.717) is 0 Å². The van der Waals surface area contributed by atoms with Gasteiger partial charge in [-0.15, -0.1) is 0 Å². The van der Waals surface area contributed by atoms with E-state index in [2.05, 4.69) is 74.7 Å². The van der Waals surface area contributed by atoms with E-state index in [1.807, 2.05) is 18.2 Å². The minimum Gasteiger partial charge on any atom is -0.226 e. The zero-order valence-electron chi connectivity index (χ0n) is 10.9. The molecule has 0 saturated heterocycles. The number of benzene rings is 1. The maximum Gasteiger partial charge on any atom is 0.136 e. The minimum absolute atomic E-state index is 0.0567. The molecular formula is C14H14Br2N2S. The lowest BCUT2D eigenvalue weighted by Crippen LogP contribution is -2.16. The zero-order chi connectivity index (χ0) is 14.0. The van der Waals surface area contributed by atoms with Crippen LogP contribution in [0.25, 0.3) is 0 Å². The second-order valence-electron chi connectivity index (χ2n) is 5.16. The van der Waals surface area contributed by atoms with Gasteiger partial charge in [0, 0.05) is 20.8 Å². The highest BCUT2D eigenvalue weighted by Gasteiger charge is 2.18. The monoisotopic (exact) mass is 400 g/mol. The molecule has 0 aliphatic carbocycles. The largest absolute Gasteiger partial charge is 0.226 e. The Hall–Kier alpha value is -0.390. The summed E-state index contributed by atoms with van der Waals surface area (Å²) in [5.74, 6) is 0.849. The van der Waals surface area contributed by atoms with E-state index in [1.165, 1.54) is 0 Å². The first-order valence-electron chi connectivity index (χ1n) is 5.83. The van der Waals surface area contributed by atoms with Crippen molar-refractivity contribution in [2.75, 3.05) is 0 Å². The van der Waals surface area contributed by atoms with Gasteiger partial charge in [0.1, 0.15) is 15.5 Å². The Morgan fingerprint density at radius 3 is 2.21 bits per heavy atom. The summed E-state index contributed by atoms with van der Waals surface area (Å²) in [6.45, 7) is 6.34. The van der Waals surface area contributed by atoms with Gasteiger partial charge >= 0.3 is 0 Å². The van der Waals surface area contributed by atoms with Crippen molar-refractivity contribution < 1.29 is 0 Å². The van der Waals surface area contributed by atoms with Crippen LogP contribution in [0.15, 0.2) is 49.3 Å². The van der Waals surface area contributed by atoms with Crippen molar-refractivity contribution >= 4 is 43.6 Å². The van der Waals surface area contributed by atoms with E-state index in [0.717, 1.165) is 24.8 Å². The third kappa shape index (κ3) is 4.29. The standard InChI is InChI=1S/C14H14Br2N2S/c1-14(2,3)13-17-11(16)8-12(18-13)19-10-6-4-9(15)5-7-10/h4-8H,1-3H3. The molecule has 2 aromatic rings. The quantitative estimate of drug-likeness (QED) is 0.625. The van der Waals surface area contributed by atoms with Gasteiger partial charge < -0.3 is 0 Å². The molecule has 0 saturated carbocycles. The first-order valence-corrected chi connectivity index (χ1v) is 8.23. The summed E-state index contributed by atoms with van der Waals surface area (Å²) in [6.07, 6.45) is 0. The molecule has 1 aromatic carbocycles. The van der Waals surface area contributed by atoms with Gasteiger partial charge in [-0.25, -0.2) is 9.97 Å². The van der Waals surface area contributed by atoms with Gasteiger partial charge in [-0.1, -0.05) is 48.5 Å². The molecule has 100 valence electrons. The Kier molecular flexibility index (Phi) is 4.69. The molecule has 0 atom stereocenters. The molecule has 2 nitrogen and oxygen atoms in total. The molecule has 0 aliphatic rings. The molecule has 0 aliphatic heterocycles. The molecule has 0 amide bonds. The number of hydrogen-bond donors (Lipinski definition) is 0. The Morgan fingerprint density at radius 1 is 1.00 bits per heavy atom. The average Bonchev–Trinajstić information content (AvgIpc) is 2.30. The summed E-state index contributed by atoms with van der Waals surface area (Å²) >= 11 is 8.54. The molecule has 0 unspecified atom stereocenters. The first kappa shape index (κ1) is 15.0. The number of halogens is 2. The van der Waals surface area contributed by atoms with E-state index >= 15 is 0 Å². The summed E-state index contributed by atoms with van der Waals surface area (Å²) in [6, 6.07) is 10.2. The van der Waals surface area contributed by atoms with Crippen LogP contribution < -0.4 is 0 Å². The topological polar surface area (TPSA) is 25.8 Å². The molecule has 2 rings (SSSR count). The molecule has 1 aromatic heterocycles. The highest BCUT2D eigenvalue weighted by Crippen LogP contribution is 2.30. The van der Waals surface area contributed by atoms with Crippen molar-refractivity contribution in [2.45, 2.75) is 36.1 Å². The summed E-state index contributed by atoms with van der Waals surface area (Å²) in [7, 11) is 0. The smallest absolute Gasteiger partial charge is 0.136 e. The predicted octanol–water partition coefficient (Wildman–Crippen LogP) is 5.45. The van der Waals surface area contributed by atoms with Gasteiger partial charge in [0.15, 0.2) is 0 Å². The van der Waals surface area contributed by atoms with E-state index < -0.39 is 0 Å². The molecule has 1 heterocycles. The lowest BCUT2D eigenvalue weighted by atomic mass is 9.96. The van der Waals surface area contributed by atoms with Crippen molar-refractivity contribution in [3.63, 3.8) is 0 Å². The van der Waals surface area contributed by atoms with Crippen molar-refractivity contribution in [2.24, 2.45) is 0 Å². The predicted molar refractivity (Wildman–Crippen MR) is 86.7 cm³/mol. The van der Waals surface area contributed by atoms with Gasteiger partial charge in [0.2, 0.25) is 0 Å². The van der Waals surface area contributed by atoms with Crippen LogP contribution in [-0.2, 0) is 5.41 Å². The van der Waals surface area contributed by atoms with Crippen LogP contribution in [-0.4, -0.2) is 9.97 Å². The molecule has 0 spiro atoms. The fourth-order valence-corrected chi connectivity index (χ4v) is 3.03. The molecule has 5 heteroatoms. The maximum absolute atomic E-state index is 4.63. The van der Waals surface area contributed by atoms with Crippen molar-refractivity contribution in [1.29, 1.82) is 0 Å². The van der Waals surface area contributed by atoms with Crippen LogP contribution in [0.5, 0.6) is 0 Å². The number of aromatic nitrogens is 2. The summed E-state index contributed by atoms with van der Waals surface area (Å²) < 4.78 is 1.91. The summed E-state index contributed by atoms with van der Waals surface area (Å²) in [4.78, 5) is 10.2. The zero-order valence-corrected chi connectivity index (χ0v) is 14.9. The first-order chi connectivity index (χ1) is 8.84. The second kappa shape index (κ2) is 5.94. The fraction of sp³-hybridized carbons (Fsp3) is 0.286. The third-order valence-corrected chi connectivity index (χ3v) is 4.24. The lowest BCUT2D eigenvalue weighted by molar-refractivity contribution is 0.536.